The van der Waals surface area contributed by atoms with Crippen LogP contribution in [0.3, 0.4) is 0 Å². The first-order valence-corrected chi connectivity index (χ1v) is 11.9. The molecule has 0 saturated heterocycles. The van der Waals surface area contributed by atoms with Gasteiger partial charge in [0.1, 0.15) is 5.75 Å². The number of para-hydroxylation sites is 1. The largest absolute Gasteiger partial charge is 0.497 e. The molecule has 3 aromatic rings. The summed E-state index contributed by atoms with van der Waals surface area (Å²) in [7, 11) is 3.75. The number of likely N-dealkylation sites (N-methyl/N-ethyl adjacent to an activating group) is 2. The Kier molecular flexibility index (Phi) is 9.48. The van der Waals surface area contributed by atoms with Gasteiger partial charge in [-0.2, -0.15) is 0 Å². The average Bonchev–Trinajstić information content (AvgIpc) is 2.84. The van der Waals surface area contributed by atoms with Gasteiger partial charge in [-0.1, -0.05) is 32.0 Å². The van der Waals surface area contributed by atoms with Crippen LogP contribution >= 0.6 is 0 Å². The molecule has 0 aliphatic heterocycles. The molecule has 1 aromatic heterocycles. The van der Waals surface area contributed by atoms with Crippen LogP contribution in [0.25, 0.3) is 22.2 Å². The average molecular weight is 451 g/mol. The van der Waals surface area contributed by atoms with Gasteiger partial charge in [-0.05, 0) is 69.5 Å². The van der Waals surface area contributed by atoms with Crippen LogP contribution < -0.4 is 10.1 Å². The molecule has 1 unspecified atom stereocenters. The normalized spacial score (nSPS) is 12.5. The van der Waals surface area contributed by atoms with Crippen molar-refractivity contribution in [3.05, 3.63) is 54.6 Å². The molecular weight excluding hydrogens is 412 g/mol. The monoisotopic (exact) mass is 450 g/mol. The van der Waals surface area contributed by atoms with E-state index in [4.69, 9.17) is 9.72 Å². The van der Waals surface area contributed by atoms with E-state index in [0.29, 0.717) is 6.54 Å². The molecular formula is C27H38N4O2. The zero-order valence-electron chi connectivity index (χ0n) is 20.4. The molecule has 2 N–H and O–H groups in total. The Morgan fingerprint density at radius 3 is 2.45 bits per heavy atom. The van der Waals surface area contributed by atoms with Crippen LogP contribution in [0, 0.1) is 0 Å². The summed E-state index contributed by atoms with van der Waals surface area (Å²) >= 11 is 0. The number of anilines is 1. The predicted molar refractivity (Wildman–Crippen MR) is 138 cm³/mol. The second-order valence-electron chi connectivity index (χ2n) is 8.48. The molecule has 0 fully saturated rings. The minimum atomic E-state index is -0.320. The maximum Gasteiger partial charge on any atom is 0.118 e. The molecule has 6 heteroatoms. The van der Waals surface area contributed by atoms with E-state index in [-0.39, 0.29) is 6.10 Å². The van der Waals surface area contributed by atoms with Crippen LogP contribution in [0.1, 0.15) is 20.3 Å². The number of nitrogens with zero attached hydrogens (tertiary/aromatic N) is 3. The molecule has 1 heterocycles. The van der Waals surface area contributed by atoms with Crippen LogP contribution in [-0.2, 0) is 0 Å². The molecule has 0 radical (unpaired) electrons. The second kappa shape index (κ2) is 12.5. The number of methoxy groups -OCH3 is 1. The first-order chi connectivity index (χ1) is 16.0. The lowest BCUT2D eigenvalue weighted by atomic mass is 10.1. The van der Waals surface area contributed by atoms with Gasteiger partial charge in [0.15, 0.2) is 0 Å². The van der Waals surface area contributed by atoms with E-state index in [1.54, 1.807) is 7.11 Å². The van der Waals surface area contributed by atoms with Crippen molar-refractivity contribution in [2.45, 2.75) is 26.4 Å². The molecule has 0 aliphatic rings. The van der Waals surface area contributed by atoms with Crippen LogP contribution in [-0.4, -0.2) is 79.4 Å². The van der Waals surface area contributed by atoms with Crippen molar-refractivity contribution in [3.8, 4) is 17.0 Å². The van der Waals surface area contributed by atoms with E-state index in [1.165, 1.54) is 0 Å². The molecule has 3 rings (SSSR count). The number of ether oxygens (including phenoxy) is 1. The highest BCUT2D eigenvalue weighted by atomic mass is 16.5. The van der Waals surface area contributed by atoms with Gasteiger partial charge in [0, 0.05) is 36.3 Å². The highest BCUT2D eigenvalue weighted by Gasteiger charge is 2.12. The third kappa shape index (κ3) is 7.16. The number of rotatable bonds is 13. The van der Waals surface area contributed by atoms with E-state index >= 15 is 0 Å². The van der Waals surface area contributed by atoms with Crippen molar-refractivity contribution < 1.29 is 9.84 Å². The first kappa shape index (κ1) is 25.0. The Balaban J connectivity index is 1.60. The van der Waals surface area contributed by atoms with Crippen molar-refractivity contribution in [1.29, 1.82) is 0 Å². The van der Waals surface area contributed by atoms with E-state index in [0.717, 1.165) is 72.7 Å². The van der Waals surface area contributed by atoms with E-state index < -0.39 is 0 Å². The Morgan fingerprint density at radius 2 is 1.76 bits per heavy atom. The van der Waals surface area contributed by atoms with Gasteiger partial charge in [0.05, 0.1) is 24.4 Å². The molecule has 6 nitrogen and oxygen atoms in total. The number of fused-ring (bicyclic) bond motifs is 1. The molecule has 0 spiro atoms. The Bertz CT molecular complexity index is 989. The number of aliphatic hydroxyl groups is 1. The molecule has 0 saturated carbocycles. The van der Waals surface area contributed by atoms with E-state index in [1.807, 2.05) is 36.4 Å². The summed E-state index contributed by atoms with van der Waals surface area (Å²) in [4.78, 5) is 9.34. The van der Waals surface area contributed by atoms with Crippen molar-refractivity contribution >= 4 is 16.6 Å². The standard InChI is InChI=1S/C27H38N4O2/c1-5-31(6-2)20-22(32)19-30(3)17-9-16-28-27-18-26(21-12-14-23(33-4)15-13-21)29-25-11-8-7-10-24(25)27/h7-8,10-15,18,22,32H,5-6,9,16-17,19-20H2,1-4H3,(H,28,29). The minimum absolute atomic E-state index is 0.320. The molecule has 0 bridgehead atoms. The Morgan fingerprint density at radius 1 is 1.03 bits per heavy atom. The van der Waals surface area contributed by atoms with Gasteiger partial charge < -0.3 is 25.0 Å². The summed E-state index contributed by atoms with van der Waals surface area (Å²) in [6.07, 6.45) is 0.669. The zero-order chi connectivity index (χ0) is 23.6. The molecule has 2 aromatic carbocycles. The molecule has 33 heavy (non-hydrogen) atoms. The lowest BCUT2D eigenvalue weighted by Crippen LogP contribution is -2.39. The maximum atomic E-state index is 10.4. The molecule has 0 aliphatic carbocycles. The van der Waals surface area contributed by atoms with Gasteiger partial charge in [-0.25, -0.2) is 4.98 Å². The lowest BCUT2D eigenvalue weighted by molar-refractivity contribution is 0.0857. The lowest BCUT2D eigenvalue weighted by Gasteiger charge is -2.25. The number of nitrogens with one attached hydrogen (secondary N) is 1. The van der Waals surface area contributed by atoms with Crippen molar-refractivity contribution in [1.82, 2.24) is 14.8 Å². The van der Waals surface area contributed by atoms with Crippen LogP contribution in [0.2, 0.25) is 0 Å². The summed E-state index contributed by atoms with van der Waals surface area (Å²) in [5.74, 6) is 0.837. The van der Waals surface area contributed by atoms with Gasteiger partial charge >= 0.3 is 0 Å². The van der Waals surface area contributed by atoms with Crippen LogP contribution in [0.4, 0.5) is 5.69 Å². The number of hydrogen-bond donors (Lipinski definition) is 2. The summed E-state index contributed by atoms with van der Waals surface area (Å²) in [5, 5.41) is 15.1. The highest BCUT2D eigenvalue weighted by Crippen LogP contribution is 2.29. The first-order valence-electron chi connectivity index (χ1n) is 11.9. The van der Waals surface area contributed by atoms with E-state index in [9.17, 15) is 5.11 Å². The van der Waals surface area contributed by atoms with Gasteiger partial charge in [-0.3, -0.25) is 0 Å². The van der Waals surface area contributed by atoms with Gasteiger partial charge in [-0.15, -0.1) is 0 Å². The van der Waals surface area contributed by atoms with Crippen LogP contribution in [0.15, 0.2) is 54.6 Å². The second-order valence-corrected chi connectivity index (χ2v) is 8.48. The quantitative estimate of drug-likeness (QED) is 0.378. The smallest absolute Gasteiger partial charge is 0.118 e. The third-order valence-corrected chi connectivity index (χ3v) is 6.02. The van der Waals surface area contributed by atoms with E-state index in [2.05, 4.69) is 54.2 Å². The van der Waals surface area contributed by atoms with Crippen molar-refractivity contribution in [2.24, 2.45) is 0 Å². The van der Waals surface area contributed by atoms with Crippen LogP contribution in [0.5, 0.6) is 5.75 Å². The van der Waals surface area contributed by atoms with Gasteiger partial charge in [0.25, 0.3) is 0 Å². The third-order valence-electron chi connectivity index (χ3n) is 6.02. The number of benzene rings is 2. The topological polar surface area (TPSA) is 60.9 Å². The van der Waals surface area contributed by atoms with Crippen molar-refractivity contribution in [3.63, 3.8) is 0 Å². The Labute approximate surface area is 198 Å². The number of aliphatic hydroxyl groups excluding tert-OH is 1. The maximum absolute atomic E-state index is 10.4. The summed E-state index contributed by atoms with van der Waals surface area (Å²) < 4.78 is 5.28. The van der Waals surface area contributed by atoms with Crippen molar-refractivity contribution in [2.75, 3.05) is 58.7 Å². The molecule has 0 amide bonds. The summed E-state index contributed by atoms with van der Waals surface area (Å²) in [6.45, 7) is 9.41. The fourth-order valence-electron chi connectivity index (χ4n) is 4.09. The highest BCUT2D eigenvalue weighted by molar-refractivity contribution is 5.93. The fraction of sp³-hybridized carbons (Fsp3) is 0.444. The number of aromatic nitrogens is 1. The molecule has 1 atom stereocenters. The summed E-state index contributed by atoms with van der Waals surface area (Å²) in [5.41, 5.74) is 4.07. The summed E-state index contributed by atoms with van der Waals surface area (Å²) in [6, 6.07) is 18.4. The Hall–Kier alpha value is -2.67. The minimum Gasteiger partial charge on any atom is -0.497 e. The van der Waals surface area contributed by atoms with Gasteiger partial charge in [0.2, 0.25) is 0 Å². The SMILES string of the molecule is CCN(CC)CC(O)CN(C)CCCNc1cc(-c2ccc(OC)cc2)nc2ccccc12. The molecule has 178 valence electrons. The predicted octanol–water partition coefficient (Wildman–Crippen LogP) is 4.35. The number of hydrogen-bond acceptors (Lipinski definition) is 6. The fourth-order valence-corrected chi connectivity index (χ4v) is 4.09. The number of pyridine rings is 1. The zero-order valence-corrected chi connectivity index (χ0v) is 20.4.